The fraction of sp³-hybridized carbons (Fsp3) is 0.0476. The minimum absolute atomic E-state index is 0.449. The zero-order valence-corrected chi connectivity index (χ0v) is 15.7. The lowest BCUT2D eigenvalue weighted by atomic mass is 10.0. The van der Waals surface area contributed by atoms with Gasteiger partial charge in [-0.3, -0.25) is 4.79 Å². The van der Waals surface area contributed by atoms with Crippen molar-refractivity contribution in [1.82, 2.24) is 9.38 Å². The van der Waals surface area contributed by atoms with Crippen LogP contribution in [0.15, 0.2) is 71.5 Å². The molecule has 2 N–H and O–H groups in total. The van der Waals surface area contributed by atoms with Crippen molar-refractivity contribution in [2.24, 2.45) is 5.73 Å². The van der Waals surface area contributed by atoms with Gasteiger partial charge in [-0.25, -0.2) is 4.98 Å². The fourth-order valence-corrected chi connectivity index (χ4v) is 3.75. The number of aryl methyl sites for hydroxylation is 1. The molecule has 0 unspecified atom stereocenters. The number of nitrogens with two attached hydrogens (primary N) is 1. The van der Waals surface area contributed by atoms with Gasteiger partial charge in [0.1, 0.15) is 5.65 Å². The van der Waals surface area contributed by atoms with Crippen molar-refractivity contribution in [3.05, 3.63) is 82.6 Å². The zero-order valence-electron chi connectivity index (χ0n) is 14.1. The van der Waals surface area contributed by atoms with E-state index in [0.29, 0.717) is 10.0 Å². The summed E-state index contributed by atoms with van der Waals surface area (Å²) in [4.78, 5) is 16.3. The first-order chi connectivity index (χ1) is 12.5. The number of carbonyl (C=O) groups excluding carboxylic acids is 1. The van der Waals surface area contributed by atoms with Crippen molar-refractivity contribution in [3.8, 4) is 22.4 Å². The van der Waals surface area contributed by atoms with Crippen molar-refractivity contribution in [2.45, 2.75) is 6.92 Å². The number of fused-ring (bicyclic) bond motifs is 1. The van der Waals surface area contributed by atoms with E-state index in [0.717, 1.165) is 33.6 Å². The lowest BCUT2D eigenvalue weighted by molar-refractivity contribution is 0.0999. The molecule has 0 aliphatic rings. The van der Waals surface area contributed by atoms with Gasteiger partial charge < -0.3 is 10.1 Å². The third kappa shape index (κ3) is 2.80. The number of benzene rings is 2. The Balaban J connectivity index is 1.74. The Bertz CT molecular complexity index is 1130. The maximum absolute atomic E-state index is 11.5. The summed E-state index contributed by atoms with van der Waals surface area (Å²) in [5, 5.41) is 0. The second-order valence-corrected chi connectivity index (χ2v) is 6.95. The Morgan fingerprint density at radius 1 is 1.04 bits per heavy atom. The molecular weight excluding hydrogens is 390 g/mol. The molecule has 0 aliphatic carbocycles. The van der Waals surface area contributed by atoms with Crippen LogP contribution in [0.25, 0.3) is 28.0 Å². The standard InChI is InChI=1S/C21H16BrN3O/c1-13-4-3-11-25-12-18(24-21(13)25)15-9-7-14(8-10-15)16-5-2-6-17(19(16)22)20(23)26/h2-12H,1H3,(H2,23,26). The molecule has 0 radical (unpaired) electrons. The number of rotatable bonds is 3. The first kappa shape index (κ1) is 16.5. The van der Waals surface area contributed by atoms with Crippen LogP contribution >= 0.6 is 15.9 Å². The van der Waals surface area contributed by atoms with Gasteiger partial charge in [-0.2, -0.15) is 0 Å². The molecule has 1 amide bonds. The highest BCUT2D eigenvalue weighted by Crippen LogP contribution is 2.32. The van der Waals surface area contributed by atoms with Crippen LogP contribution in [0.2, 0.25) is 0 Å². The molecule has 0 spiro atoms. The van der Waals surface area contributed by atoms with Crippen LogP contribution in [0, 0.1) is 6.92 Å². The van der Waals surface area contributed by atoms with Crippen molar-refractivity contribution in [2.75, 3.05) is 0 Å². The van der Waals surface area contributed by atoms with E-state index in [1.807, 2.05) is 59.3 Å². The highest BCUT2D eigenvalue weighted by atomic mass is 79.9. The molecule has 0 saturated carbocycles. The smallest absolute Gasteiger partial charge is 0.249 e. The van der Waals surface area contributed by atoms with Gasteiger partial charge in [-0.1, -0.05) is 42.5 Å². The summed E-state index contributed by atoms with van der Waals surface area (Å²) < 4.78 is 2.74. The molecule has 0 aliphatic heterocycles. The number of aromatic nitrogens is 2. The van der Waals surface area contributed by atoms with Gasteiger partial charge in [0.05, 0.1) is 11.3 Å². The molecule has 0 bridgehead atoms. The summed E-state index contributed by atoms with van der Waals surface area (Å²) in [5.74, 6) is -0.449. The van der Waals surface area contributed by atoms with Gasteiger partial charge in [0, 0.05) is 22.4 Å². The maximum atomic E-state index is 11.5. The summed E-state index contributed by atoms with van der Waals surface area (Å²) in [7, 11) is 0. The van der Waals surface area contributed by atoms with E-state index in [1.165, 1.54) is 0 Å². The van der Waals surface area contributed by atoms with E-state index in [-0.39, 0.29) is 0 Å². The third-order valence-corrected chi connectivity index (χ3v) is 5.29. The van der Waals surface area contributed by atoms with Gasteiger partial charge in [0.2, 0.25) is 5.91 Å². The van der Waals surface area contributed by atoms with Crippen molar-refractivity contribution in [3.63, 3.8) is 0 Å². The van der Waals surface area contributed by atoms with E-state index in [9.17, 15) is 4.79 Å². The second-order valence-electron chi connectivity index (χ2n) is 6.16. The number of carbonyl (C=O) groups is 1. The van der Waals surface area contributed by atoms with Crippen molar-refractivity contribution in [1.29, 1.82) is 0 Å². The molecular formula is C21H16BrN3O. The largest absolute Gasteiger partial charge is 0.366 e. The lowest BCUT2D eigenvalue weighted by Crippen LogP contribution is -2.11. The fourth-order valence-electron chi connectivity index (χ4n) is 3.06. The molecule has 0 atom stereocenters. The van der Waals surface area contributed by atoms with Gasteiger partial charge in [0.15, 0.2) is 0 Å². The van der Waals surface area contributed by atoms with E-state index >= 15 is 0 Å². The molecule has 0 saturated heterocycles. The number of nitrogens with zero attached hydrogens (tertiary/aromatic N) is 2. The van der Waals surface area contributed by atoms with Crippen LogP contribution in [-0.2, 0) is 0 Å². The van der Waals surface area contributed by atoms with Crippen LogP contribution in [0.4, 0.5) is 0 Å². The van der Waals surface area contributed by atoms with E-state index in [2.05, 4.69) is 28.9 Å². The molecule has 4 nitrogen and oxygen atoms in total. The van der Waals surface area contributed by atoms with Crippen LogP contribution in [0.5, 0.6) is 0 Å². The summed E-state index contributed by atoms with van der Waals surface area (Å²) in [6.45, 7) is 2.05. The molecule has 0 fully saturated rings. The van der Waals surface area contributed by atoms with Gasteiger partial charge in [0.25, 0.3) is 0 Å². The van der Waals surface area contributed by atoms with Gasteiger partial charge >= 0.3 is 0 Å². The molecule has 128 valence electrons. The van der Waals surface area contributed by atoms with Crippen LogP contribution in [0.1, 0.15) is 15.9 Å². The van der Waals surface area contributed by atoms with Crippen molar-refractivity contribution >= 4 is 27.5 Å². The minimum atomic E-state index is -0.449. The number of imidazole rings is 1. The number of hydrogen-bond acceptors (Lipinski definition) is 2. The first-order valence-corrected chi connectivity index (χ1v) is 8.97. The molecule has 5 heteroatoms. The Labute approximate surface area is 159 Å². The summed E-state index contributed by atoms with van der Waals surface area (Å²) in [5.41, 5.74) is 11.9. The molecule has 2 aromatic heterocycles. The monoisotopic (exact) mass is 405 g/mol. The van der Waals surface area contributed by atoms with E-state index < -0.39 is 5.91 Å². The van der Waals surface area contributed by atoms with Crippen molar-refractivity contribution < 1.29 is 4.79 Å². The van der Waals surface area contributed by atoms with Gasteiger partial charge in [-0.15, -0.1) is 0 Å². The zero-order chi connectivity index (χ0) is 18.3. The Morgan fingerprint density at radius 2 is 1.77 bits per heavy atom. The second kappa shape index (κ2) is 6.42. The number of pyridine rings is 1. The number of hydrogen-bond donors (Lipinski definition) is 1. The highest BCUT2D eigenvalue weighted by Gasteiger charge is 2.12. The van der Waals surface area contributed by atoms with Crippen LogP contribution < -0.4 is 5.73 Å². The van der Waals surface area contributed by atoms with Crippen LogP contribution in [-0.4, -0.2) is 15.3 Å². The molecule has 2 heterocycles. The van der Waals surface area contributed by atoms with Crippen LogP contribution in [0.3, 0.4) is 0 Å². The summed E-state index contributed by atoms with van der Waals surface area (Å²) in [6.07, 6.45) is 4.03. The predicted octanol–water partition coefficient (Wildman–Crippen LogP) is 4.84. The molecule has 4 aromatic rings. The average molecular weight is 406 g/mol. The first-order valence-electron chi connectivity index (χ1n) is 8.18. The molecule has 26 heavy (non-hydrogen) atoms. The highest BCUT2D eigenvalue weighted by molar-refractivity contribution is 9.10. The average Bonchev–Trinajstić information content (AvgIpc) is 3.08. The minimum Gasteiger partial charge on any atom is -0.366 e. The normalized spacial score (nSPS) is 11.0. The predicted molar refractivity (Wildman–Crippen MR) is 107 cm³/mol. The number of amides is 1. The third-order valence-electron chi connectivity index (χ3n) is 4.43. The summed E-state index contributed by atoms with van der Waals surface area (Å²) >= 11 is 3.50. The summed E-state index contributed by atoms with van der Waals surface area (Å²) in [6, 6.07) is 17.7. The SMILES string of the molecule is Cc1cccn2cc(-c3ccc(-c4cccc(C(N)=O)c4Br)cc3)nc12. The molecule has 2 aromatic carbocycles. The number of primary amides is 1. The molecule has 4 rings (SSSR count). The maximum Gasteiger partial charge on any atom is 0.249 e. The quantitative estimate of drug-likeness (QED) is 0.529. The Morgan fingerprint density at radius 3 is 2.46 bits per heavy atom. The van der Waals surface area contributed by atoms with Gasteiger partial charge in [-0.05, 0) is 51.7 Å². The van der Waals surface area contributed by atoms with E-state index in [1.54, 1.807) is 6.07 Å². The Hall–Kier alpha value is -2.92. The Kier molecular flexibility index (Phi) is 4.09. The number of halogens is 1. The lowest BCUT2D eigenvalue weighted by Gasteiger charge is -2.08. The van der Waals surface area contributed by atoms with E-state index in [4.69, 9.17) is 10.7 Å². The topological polar surface area (TPSA) is 60.4 Å².